The van der Waals surface area contributed by atoms with E-state index in [1.807, 2.05) is 31.3 Å². The number of nitrogens with two attached hydrogens (primary N) is 1. The van der Waals surface area contributed by atoms with E-state index in [0.29, 0.717) is 5.56 Å². The fraction of sp³-hybridized carbons (Fsp3) is 0.143. The number of nitrogens with zero attached hydrogens (tertiary/aromatic N) is 1. The lowest BCUT2D eigenvalue weighted by Crippen LogP contribution is -2.12. The van der Waals surface area contributed by atoms with E-state index in [-0.39, 0.29) is 0 Å². The Morgan fingerprint density at radius 2 is 2.06 bits per heavy atom. The van der Waals surface area contributed by atoms with Crippen molar-refractivity contribution in [2.75, 3.05) is 7.05 Å². The number of amides is 1. The smallest absolute Gasteiger partial charge is 0.249 e. The van der Waals surface area contributed by atoms with Gasteiger partial charge in [-0.2, -0.15) is 0 Å². The number of primary amides is 1. The van der Waals surface area contributed by atoms with Crippen LogP contribution in [0.15, 0.2) is 42.6 Å². The molecule has 2 rings (SSSR count). The van der Waals surface area contributed by atoms with Gasteiger partial charge in [0.1, 0.15) is 0 Å². The van der Waals surface area contributed by atoms with Crippen LogP contribution in [0.25, 0.3) is 11.3 Å². The molecule has 1 heterocycles. The van der Waals surface area contributed by atoms with Crippen molar-refractivity contribution in [1.29, 1.82) is 0 Å². The van der Waals surface area contributed by atoms with E-state index in [9.17, 15) is 4.79 Å². The van der Waals surface area contributed by atoms with Crippen molar-refractivity contribution in [2.24, 2.45) is 5.73 Å². The molecule has 18 heavy (non-hydrogen) atoms. The Balaban J connectivity index is 2.39. The molecule has 92 valence electrons. The molecule has 1 aromatic carbocycles. The van der Waals surface area contributed by atoms with Crippen LogP contribution < -0.4 is 11.1 Å². The maximum absolute atomic E-state index is 11.3. The van der Waals surface area contributed by atoms with Crippen molar-refractivity contribution in [1.82, 2.24) is 10.3 Å². The summed E-state index contributed by atoms with van der Waals surface area (Å²) >= 11 is 0. The van der Waals surface area contributed by atoms with E-state index in [1.54, 1.807) is 18.3 Å². The molecular formula is C14H15N3O. The molecule has 0 aliphatic rings. The minimum Gasteiger partial charge on any atom is -0.366 e. The third-order valence-electron chi connectivity index (χ3n) is 2.67. The van der Waals surface area contributed by atoms with Crippen LogP contribution in [0, 0.1) is 0 Å². The van der Waals surface area contributed by atoms with Crippen molar-refractivity contribution in [2.45, 2.75) is 6.54 Å². The predicted octanol–water partition coefficient (Wildman–Crippen LogP) is 1.57. The number of rotatable bonds is 4. The predicted molar refractivity (Wildman–Crippen MR) is 71.0 cm³/mol. The molecule has 0 aliphatic heterocycles. The summed E-state index contributed by atoms with van der Waals surface area (Å²) in [5.74, 6) is -0.438. The second-order valence-electron chi connectivity index (χ2n) is 3.99. The van der Waals surface area contributed by atoms with E-state index in [2.05, 4.69) is 10.3 Å². The minimum atomic E-state index is -0.438. The fourth-order valence-electron chi connectivity index (χ4n) is 1.81. The molecule has 0 radical (unpaired) electrons. The SMILES string of the molecule is CNCc1ccc(-c2ccccc2C(N)=O)nc1. The molecule has 4 nitrogen and oxygen atoms in total. The van der Waals surface area contributed by atoms with Crippen molar-refractivity contribution in [3.05, 3.63) is 53.7 Å². The van der Waals surface area contributed by atoms with E-state index >= 15 is 0 Å². The van der Waals surface area contributed by atoms with Gasteiger partial charge in [0.05, 0.1) is 5.69 Å². The maximum atomic E-state index is 11.3. The Hall–Kier alpha value is -2.20. The summed E-state index contributed by atoms with van der Waals surface area (Å²) in [6.07, 6.45) is 1.80. The maximum Gasteiger partial charge on any atom is 0.249 e. The highest BCUT2D eigenvalue weighted by Crippen LogP contribution is 2.21. The van der Waals surface area contributed by atoms with Crippen molar-refractivity contribution in [3.63, 3.8) is 0 Å². The zero-order valence-corrected chi connectivity index (χ0v) is 10.2. The average Bonchev–Trinajstić information content (AvgIpc) is 2.40. The monoisotopic (exact) mass is 241 g/mol. The van der Waals surface area contributed by atoms with Crippen LogP contribution in [0.4, 0.5) is 0 Å². The minimum absolute atomic E-state index is 0.438. The number of carbonyl (C=O) groups excluding carboxylic acids is 1. The Morgan fingerprint density at radius 1 is 1.28 bits per heavy atom. The van der Waals surface area contributed by atoms with Gasteiger partial charge >= 0.3 is 0 Å². The molecule has 2 aromatic rings. The first-order chi connectivity index (χ1) is 8.72. The summed E-state index contributed by atoms with van der Waals surface area (Å²) in [5, 5.41) is 3.06. The summed E-state index contributed by atoms with van der Waals surface area (Å²) in [5.41, 5.74) is 8.46. The molecule has 0 bridgehead atoms. The average molecular weight is 241 g/mol. The van der Waals surface area contributed by atoms with Crippen LogP contribution in [-0.2, 0) is 6.54 Å². The Labute approximate surface area is 106 Å². The number of benzene rings is 1. The second-order valence-corrected chi connectivity index (χ2v) is 3.99. The van der Waals surface area contributed by atoms with Crippen molar-refractivity contribution < 1.29 is 4.79 Å². The highest BCUT2D eigenvalue weighted by atomic mass is 16.1. The van der Waals surface area contributed by atoms with Crippen LogP contribution >= 0.6 is 0 Å². The lowest BCUT2D eigenvalue weighted by Gasteiger charge is -2.06. The van der Waals surface area contributed by atoms with Crippen LogP contribution in [0.5, 0.6) is 0 Å². The summed E-state index contributed by atoms with van der Waals surface area (Å²) in [4.78, 5) is 15.7. The van der Waals surface area contributed by atoms with Gasteiger partial charge in [0.25, 0.3) is 0 Å². The van der Waals surface area contributed by atoms with Crippen LogP contribution in [0.3, 0.4) is 0 Å². The number of hydrogen-bond donors (Lipinski definition) is 2. The van der Waals surface area contributed by atoms with Crippen molar-refractivity contribution in [3.8, 4) is 11.3 Å². The fourth-order valence-corrected chi connectivity index (χ4v) is 1.81. The van der Waals surface area contributed by atoms with Gasteiger partial charge in [-0.1, -0.05) is 24.3 Å². The first-order valence-electron chi connectivity index (χ1n) is 5.71. The normalized spacial score (nSPS) is 10.3. The van der Waals surface area contributed by atoms with Gasteiger partial charge in [-0.25, -0.2) is 0 Å². The number of hydrogen-bond acceptors (Lipinski definition) is 3. The zero-order chi connectivity index (χ0) is 13.0. The van der Waals surface area contributed by atoms with Gasteiger partial charge < -0.3 is 11.1 Å². The second kappa shape index (κ2) is 5.42. The molecule has 3 N–H and O–H groups in total. The number of pyridine rings is 1. The lowest BCUT2D eigenvalue weighted by molar-refractivity contribution is 0.100. The molecule has 4 heteroatoms. The Morgan fingerprint density at radius 3 is 2.67 bits per heavy atom. The summed E-state index contributed by atoms with van der Waals surface area (Å²) in [7, 11) is 1.89. The van der Waals surface area contributed by atoms with Gasteiger partial charge in [-0.3, -0.25) is 9.78 Å². The molecule has 0 aliphatic carbocycles. The third-order valence-corrected chi connectivity index (χ3v) is 2.67. The molecule has 0 saturated heterocycles. The Bertz CT molecular complexity index is 549. The first-order valence-corrected chi connectivity index (χ1v) is 5.71. The number of aromatic nitrogens is 1. The molecule has 0 atom stereocenters. The summed E-state index contributed by atoms with van der Waals surface area (Å²) in [6, 6.07) is 11.1. The highest BCUT2D eigenvalue weighted by Gasteiger charge is 2.09. The molecule has 0 unspecified atom stereocenters. The lowest BCUT2D eigenvalue weighted by atomic mass is 10.0. The van der Waals surface area contributed by atoms with Gasteiger partial charge in [0, 0.05) is 23.9 Å². The summed E-state index contributed by atoms with van der Waals surface area (Å²) in [6.45, 7) is 0.769. The molecule has 0 spiro atoms. The van der Waals surface area contributed by atoms with Crippen LogP contribution in [0.1, 0.15) is 15.9 Å². The highest BCUT2D eigenvalue weighted by molar-refractivity contribution is 5.99. The molecule has 0 fully saturated rings. The van der Waals surface area contributed by atoms with E-state index in [4.69, 9.17) is 5.73 Å². The van der Waals surface area contributed by atoms with Gasteiger partial charge in [-0.05, 0) is 24.7 Å². The summed E-state index contributed by atoms with van der Waals surface area (Å²) < 4.78 is 0. The van der Waals surface area contributed by atoms with Gasteiger partial charge in [0.15, 0.2) is 0 Å². The van der Waals surface area contributed by atoms with Crippen LogP contribution in [-0.4, -0.2) is 17.9 Å². The number of carbonyl (C=O) groups is 1. The molecule has 1 amide bonds. The van der Waals surface area contributed by atoms with E-state index in [1.165, 1.54) is 0 Å². The number of nitrogens with one attached hydrogen (secondary N) is 1. The largest absolute Gasteiger partial charge is 0.366 e. The van der Waals surface area contributed by atoms with E-state index < -0.39 is 5.91 Å². The molecule has 0 saturated carbocycles. The topological polar surface area (TPSA) is 68.0 Å². The van der Waals surface area contributed by atoms with E-state index in [0.717, 1.165) is 23.4 Å². The van der Waals surface area contributed by atoms with Crippen LogP contribution in [0.2, 0.25) is 0 Å². The standard InChI is InChI=1S/C14H15N3O/c1-16-8-10-6-7-13(17-9-10)11-4-2-3-5-12(11)14(15)18/h2-7,9,16H,8H2,1H3,(H2,15,18). The molecular weight excluding hydrogens is 226 g/mol. The zero-order valence-electron chi connectivity index (χ0n) is 10.2. The first kappa shape index (κ1) is 12.3. The van der Waals surface area contributed by atoms with Crippen molar-refractivity contribution >= 4 is 5.91 Å². The van der Waals surface area contributed by atoms with Gasteiger partial charge in [0.2, 0.25) is 5.91 Å². The quantitative estimate of drug-likeness (QED) is 0.853. The molecule has 1 aromatic heterocycles. The van der Waals surface area contributed by atoms with Gasteiger partial charge in [-0.15, -0.1) is 0 Å². The Kier molecular flexibility index (Phi) is 3.69. The third kappa shape index (κ3) is 2.55.